The number of hydrogen-bond acceptors (Lipinski definition) is 0. The van der Waals surface area contributed by atoms with Gasteiger partial charge in [0.2, 0.25) is 0 Å². The van der Waals surface area contributed by atoms with Crippen LogP contribution < -0.4 is 24.8 Å². The molecule has 0 saturated heterocycles. The van der Waals surface area contributed by atoms with Crippen LogP contribution in [0.4, 0.5) is 0 Å². The first-order chi connectivity index (χ1) is 6.28. The van der Waals surface area contributed by atoms with E-state index in [0.717, 1.165) is 6.42 Å². The Hall–Kier alpha value is 0.930. The number of rotatable bonds is 4. The molecule has 1 unspecified atom stereocenters. The minimum Gasteiger partial charge on any atom is -1.00 e. The van der Waals surface area contributed by atoms with Gasteiger partial charge in [-0.2, -0.15) is 11.1 Å². The number of allylic oxidation sites excluding steroid dienone is 4. The summed E-state index contributed by atoms with van der Waals surface area (Å²) < 4.78 is 0. The minimum atomic E-state index is 0. The summed E-state index contributed by atoms with van der Waals surface area (Å²) in [5, 5.41) is 0. The SMILES string of the molecule is CCC1=[C-]C(CC)C(CC)=C1CC.[Cl-].[Cl-].[Hf]. The average molecular weight is 427 g/mol. The largest absolute Gasteiger partial charge is 1.00 e. The molecule has 1 atom stereocenters. The fourth-order valence-corrected chi connectivity index (χ4v) is 2.35. The minimum absolute atomic E-state index is 0. The molecule has 1 rings (SSSR count). The molecule has 0 nitrogen and oxygen atoms in total. The Balaban J connectivity index is -0.000000563. The molecule has 1 aliphatic carbocycles. The van der Waals surface area contributed by atoms with Crippen molar-refractivity contribution in [2.75, 3.05) is 0 Å². The second kappa shape index (κ2) is 11.0. The van der Waals surface area contributed by atoms with Crippen molar-refractivity contribution < 1.29 is 50.7 Å². The Kier molecular flexibility index (Phi) is 15.3. The molecule has 0 saturated carbocycles. The van der Waals surface area contributed by atoms with Gasteiger partial charge < -0.3 is 24.8 Å². The quantitative estimate of drug-likeness (QED) is 0.371. The maximum absolute atomic E-state index is 3.63. The van der Waals surface area contributed by atoms with Gasteiger partial charge >= 0.3 is 0 Å². The topological polar surface area (TPSA) is 0 Å². The first kappa shape index (κ1) is 22.1. The van der Waals surface area contributed by atoms with Crippen molar-refractivity contribution in [2.45, 2.75) is 53.4 Å². The van der Waals surface area contributed by atoms with E-state index in [1.807, 2.05) is 0 Å². The zero-order chi connectivity index (χ0) is 9.84. The van der Waals surface area contributed by atoms with Crippen molar-refractivity contribution in [3.8, 4) is 0 Å². The van der Waals surface area contributed by atoms with Crippen LogP contribution in [0.3, 0.4) is 0 Å². The molecule has 0 aromatic carbocycles. The number of halogens is 2. The maximum atomic E-state index is 3.63. The smallest absolute Gasteiger partial charge is 0 e. The molecule has 0 amide bonds. The van der Waals surface area contributed by atoms with Gasteiger partial charge in [-0.05, 0) is 0 Å². The van der Waals surface area contributed by atoms with E-state index >= 15 is 0 Å². The molecule has 94 valence electrons. The van der Waals surface area contributed by atoms with Crippen molar-refractivity contribution in [3.63, 3.8) is 0 Å². The molecular formula is C13H21Cl2Hf-3. The van der Waals surface area contributed by atoms with Crippen molar-refractivity contribution in [3.05, 3.63) is 22.8 Å². The summed E-state index contributed by atoms with van der Waals surface area (Å²) in [7, 11) is 0. The summed E-state index contributed by atoms with van der Waals surface area (Å²) in [6.07, 6.45) is 8.41. The monoisotopic (exact) mass is 427 g/mol. The Morgan fingerprint density at radius 3 is 1.81 bits per heavy atom. The van der Waals surface area contributed by atoms with E-state index in [1.165, 1.54) is 24.8 Å². The van der Waals surface area contributed by atoms with Crippen LogP contribution in [0.25, 0.3) is 0 Å². The van der Waals surface area contributed by atoms with Crippen LogP contribution in [-0.4, -0.2) is 0 Å². The van der Waals surface area contributed by atoms with Gasteiger partial charge in [0.25, 0.3) is 0 Å². The Morgan fingerprint density at radius 2 is 1.50 bits per heavy atom. The first-order valence-corrected chi connectivity index (χ1v) is 5.62. The fraction of sp³-hybridized carbons (Fsp3) is 0.692. The van der Waals surface area contributed by atoms with Gasteiger partial charge in [0.1, 0.15) is 0 Å². The molecule has 0 radical (unpaired) electrons. The molecule has 0 aromatic heterocycles. The van der Waals surface area contributed by atoms with E-state index in [1.54, 1.807) is 11.1 Å². The normalized spacial score (nSPS) is 18.2. The van der Waals surface area contributed by atoms with Crippen molar-refractivity contribution in [2.24, 2.45) is 5.92 Å². The third kappa shape index (κ3) is 4.66. The molecule has 0 heterocycles. The summed E-state index contributed by atoms with van der Waals surface area (Å²) in [6, 6.07) is 0. The summed E-state index contributed by atoms with van der Waals surface area (Å²) in [5.74, 6) is 0.634. The van der Waals surface area contributed by atoms with E-state index < -0.39 is 0 Å². The molecule has 0 spiro atoms. The van der Waals surface area contributed by atoms with Crippen LogP contribution in [0.15, 0.2) is 16.7 Å². The molecule has 3 heteroatoms. The summed E-state index contributed by atoms with van der Waals surface area (Å²) in [5.41, 5.74) is 4.75. The molecule has 0 bridgehead atoms. The van der Waals surface area contributed by atoms with Gasteiger partial charge in [-0.3, -0.25) is 6.08 Å². The van der Waals surface area contributed by atoms with Crippen LogP contribution in [0.1, 0.15) is 53.4 Å². The van der Waals surface area contributed by atoms with Gasteiger partial charge in [-0.1, -0.05) is 59.3 Å². The van der Waals surface area contributed by atoms with E-state index in [0.29, 0.717) is 5.92 Å². The predicted octanol–water partition coefficient (Wildman–Crippen LogP) is -1.71. The van der Waals surface area contributed by atoms with Gasteiger partial charge in [-0.15, -0.1) is 0 Å². The standard InChI is InChI=1S/C13H21.2ClH.Hf/c1-5-10-9-11(6-2)13(8-4)12(10)7-3;;;/h10H,5-8H2,1-4H3;2*1H;/q-1;;;/p-2. The van der Waals surface area contributed by atoms with E-state index in [2.05, 4.69) is 33.8 Å². The second-order valence-electron chi connectivity index (χ2n) is 3.65. The van der Waals surface area contributed by atoms with Gasteiger partial charge in [-0.25, -0.2) is 5.57 Å². The Bertz CT molecular complexity index is 244. The van der Waals surface area contributed by atoms with E-state index in [-0.39, 0.29) is 50.7 Å². The van der Waals surface area contributed by atoms with Crippen LogP contribution in [0, 0.1) is 12.0 Å². The summed E-state index contributed by atoms with van der Waals surface area (Å²) in [6.45, 7) is 9.04. The van der Waals surface area contributed by atoms with Crippen molar-refractivity contribution in [1.29, 1.82) is 0 Å². The predicted molar refractivity (Wildman–Crippen MR) is 58.4 cm³/mol. The van der Waals surface area contributed by atoms with E-state index in [9.17, 15) is 0 Å². The Labute approximate surface area is 132 Å². The molecule has 16 heavy (non-hydrogen) atoms. The molecule has 0 N–H and O–H groups in total. The summed E-state index contributed by atoms with van der Waals surface area (Å²) >= 11 is 0. The van der Waals surface area contributed by atoms with Crippen molar-refractivity contribution in [1.82, 2.24) is 0 Å². The summed E-state index contributed by atoms with van der Waals surface area (Å²) in [4.78, 5) is 0. The zero-order valence-electron chi connectivity index (χ0n) is 10.7. The molecule has 0 fully saturated rings. The van der Waals surface area contributed by atoms with Gasteiger partial charge in [0.05, 0.1) is 0 Å². The fourth-order valence-electron chi connectivity index (χ4n) is 2.35. The van der Waals surface area contributed by atoms with Crippen LogP contribution in [-0.2, 0) is 25.8 Å². The third-order valence-electron chi connectivity index (χ3n) is 3.02. The average Bonchev–Trinajstić information content (AvgIpc) is 2.54. The molecular weight excluding hydrogens is 406 g/mol. The van der Waals surface area contributed by atoms with Crippen LogP contribution >= 0.6 is 0 Å². The molecule has 0 aromatic rings. The molecule has 1 aliphatic rings. The van der Waals surface area contributed by atoms with E-state index in [4.69, 9.17) is 0 Å². The Morgan fingerprint density at radius 1 is 0.938 bits per heavy atom. The first-order valence-electron chi connectivity index (χ1n) is 5.62. The molecule has 0 aliphatic heterocycles. The van der Waals surface area contributed by atoms with Crippen LogP contribution in [0.2, 0.25) is 0 Å². The van der Waals surface area contributed by atoms with Gasteiger partial charge in [0, 0.05) is 25.8 Å². The van der Waals surface area contributed by atoms with Crippen LogP contribution in [0.5, 0.6) is 0 Å². The second-order valence-corrected chi connectivity index (χ2v) is 3.65. The third-order valence-corrected chi connectivity index (χ3v) is 3.02. The van der Waals surface area contributed by atoms with Crippen molar-refractivity contribution >= 4 is 0 Å². The maximum Gasteiger partial charge on any atom is 0 e. The number of hydrogen-bond donors (Lipinski definition) is 0. The zero-order valence-corrected chi connectivity index (χ0v) is 15.8. The van der Waals surface area contributed by atoms with Gasteiger partial charge in [0.15, 0.2) is 0 Å².